The molecule has 0 saturated carbocycles. The summed E-state index contributed by atoms with van der Waals surface area (Å²) in [6, 6.07) is 101. The zero-order chi connectivity index (χ0) is 48.9. The lowest BCUT2D eigenvalue weighted by Gasteiger charge is -2.29. The summed E-state index contributed by atoms with van der Waals surface area (Å²) in [4.78, 5) is 7.01. The van der Waals surface area contributed by atoms with Gasteiger partial charge in [-0.25, -0.2) is 0 Å². The van der Waals surface area contributed by atoms with E-state index < -0.39 is 0 Å². The van der Waals surface area contributed by atoms with Crippen LogP contribution in [-0.2, 0) is 0 Å². The second-order valence-electron chi connectivity index (χ2n) is 18.8. The Bertz CT molecular complexity index is 2920. The van der Waals surface area contributed by atoms with Crippen molar-refractivity contribution in [3.63, 3.8) is 0 Å². The van der Waals surface area contributed by atoms with Crippen LogP contribution < -0.4 is 14.7 Å². The van der Waals surface area contributed by atoms with Crippen molar-refractivity contribution in [3.05, 3.63) is 307 Å². The summed E-state index contributed by atoms with van der Waals surface area (Å²) in [6.45, 7) is 4.74. The quantitative estimate of drug-likeness (QED) is 0.0748. The molecule has 10 rings (SSSR count). The van der Waals surface area contributed by atoms with E-state index in [4.69, 9.17) is 0 Å². The molecule has 0 fully saturated rings. The topological polar surface area (TPSA) is 9.72 Å². The summed E-state index contributed by atoms with van der Waals surface area (Å²) in [5.74, 6) is 1.19. The Balaban J connectivity index is 0.889. The van der Waals surface area contributed by atoms with Gasteiger partial charge in [-0.2, -0.15) is 0 Å². The maximum Gasteiger partial charge on any atom is 0.0463 e. The molecule has 0 spiro atoms. The fourth-order valence-electron chi connectivity index (χ4n) is 10.4. The largest absolute Gasteiger partial charge is 0.311 e. The molecule has 0 bridgehead atoms. The fraction of sp³-hybridized carbons (Fsp3) is 0.130. The zero-order valence-electron chi connectivity index (χ0n) is 41.5. The first-order valence-corrected chi connectivity index (χ1v) is 25.7. The molecule has 2 atom stereocenters. The Hall–Kier alpha value is -8.40. The Labute approximate surface area is 428 Å². The molecule has 0 radical (unpaired) electrons. The van der Waals surface area contributed by atoms with E-state index in [0.717, 1.165) is 64.0 Å². The molecular formula is C69H63N3. The summed E-state index contributed by atoms with van der Waals surface area (Å²) in [6.07, 6.45) is 4.63. The minimum atomic E-state index is 0.216. The van der Waals surface area contributed by atoms with Gasteiger partial charge in [0.2, 0.25) is 0 Å². The minimum absolute atomic E-state index is 0.216. The molecule has 10 aromatic rings. The molecule has 2 unspecified atom stereocenters. The highest BCUT2D eigenvalue weighted by Crippen LogP contribution is 2.42. The van der Waals surface area contributed by atoms with Gasteiger partial charge in [0.15, 0.2) is 0 Å². The van der Waals surface area contributed by atoms with Crippen molar-refractivity contribution in [2.75, 3.05) is 14.7 Å². The maximum atomic E-state index is 2.39. The van der Waals surface area contributed by atoms with E-state index in [-0.39, 0.29) is 5.92 Å². The van der Waals surface area contributed by atoms with Crippen LogP contribution >= 0.6 is 0 Å². The molecule has 0 aliphatic heterocycles. The van der Waals surface area contributed by atoms with E-state index in [1.807, 2.05) is 0 Å². The van der Waals surface area contributed by atoms with Crippen molar-refractivity contribution in [1.82, 2.24) is 0 Å². The van der Waals surface area contributed by atoms with E-state index >= 15 is 0 Å². The second kappa shape index (κ2) is 23.0. The molecule has 354 valence electrons. The van der Waals surface area contributed by atoms with Gasteiger partial charge in [0.25, 0.3) is 0 Å². The van der Waals surface area contributed by atoms with Gasteiger partial charge in [0.1, 0.15) is 0 Å². The Morgan fingerprint density at radius 2 is 0.514 bits per heavy atom. The monoisotopic (exact) mass is 934 g/mol. The van der Waals surface area contributed by atoms with Gasteiger partial charge >= 0.3 is 0 Å². The standard InChI is InChI=1S/C69H63N3/c1-3-54(56-37-39-59(40-38-56)69(57-24-10-4-11-25-57)58-26-12-5-13-27-58)28-22-23-53(2)55-41-43-64(44-42-55)72(67-49-45-65(46-50-67)70(60-29-14-6-15-30-60)61-31-16-7-17-32-61)68-51-47-66(48-52-68)71(62-33-18-8-19-34-62)63-35-20-9-21-36-63/h4-21,24-27,29-54,69H,3,22-23,28H2,1-2H3. The van der Waals surface area contributed by atoms with Crippen molar-refractivity contribution in [3.8, 4) is 0 Å². The Morgan fingerprint density at radius 1 is 0.264 bits per heavy atom. The van der Waals surface area contributed by atoms with Gasteiger partial charge < -0.3 is 14.7 Å². The highest BCUT2D eigenvalue weighted by Gasteiger charge is 2.21. The van der Waals surface area contributed by atoms with Gasteiger partial charge in [-0.05, 0) is 168 Å². The van der Waals surface area contributed by atoms with Crippen molar-refractivity contribution in [2.24, 2.45) is 0 Å². The summed E-state index contributed by atoms with van der Waals surface area (Å²) in [5.41, 5.74) is 16.8. The van der Waals surface area contributed by atoms with Crippen LogP contribution in [0.4, 0.5) is 51.2 Å². The van der Waals surface area contributed by atoms with E-state index in [0.29, 0.717) is 11.8 Å². The highest BCUT2D eigenvalue weighted by molar-refractivity contribution is 5.83. The van der Waals surface area contributed by atoms with E-state index in [9.17, 15) is 0 Å². The zero-order valence-corrected chi connectivity index (χ0v) is 41.5. The smallest absolute Gasteiger partial charge is 0.0463 e. The summed E-state index contributed by atoms with van der Waals surface area (Å²) in [5, 5.41) is 0. The van der Waals surface area contributed by atoms with Crippen LogP contribution in [0.25, 0.3) is 0 Å². The van der Waals surface area contributed by atoms with Crippen molar-refractivity contribution in [1.29, 1.82) is 0 Å². The van der Waals surface area contributed by atoms with Gasteiger partial charge in [0, 0.05) is 57.1 Å². The van der Waals surface area contributed by atoms with Crippen LogP contribution in [0.2, 0.25) is 0 Å². The number of anilines is 9. The van der Waals surface area contributed by atoms with Crippen LogP contribution in [0.5, 0.6) is 0 Å². The molecule has 0 N–H and O–H groups in total. The summed E-state index contributed by atoms with van der Waals surface area (Å²) in [7, 11) is 0. The molecule has 0 heterocycles. The first-order valence-electron chi connectivity index (χ1n) is 25.7. The minimum Gasteiger partial charge on any atom is -0.311 e. The normalized spacial score (nSPS) is 12.0. The Kier molecular flexibility index (Phi) is 15.1. The second-order valence-corrected chi connectivity index (χ2v) is 18.8. The van der Waals surface area contributed by atoms with E-state index in [2.05, 4.69) is 308 Å². The van der Waals surface area contributed by atoms with Crippen molar-refractivity contribution < 1.29 is 0 Å². The third kappa shape index (κ3) is 11.0. The van der Waals surface area contributed by atoms with Crippen LogP contribution in [0, 0.1) is 0 Å². The Morgan fingerprint density at radius 3 is 0.833 bits per heavy atom. The van der Waals surface area contributed by atoms with Crippen LogP contribution in [0.3, 0.4) is 0 Å². The third-order valence-corrected chi connectivity index (χ3v) is 14.2. The average Bonchev–Trinajstić information content (AvgIpc) is 3.45. The lowest BCUT2D eigenvalue weighted by molar-refractivity contribution is 0.529. The van der Waals surface area contributed by atoms with E-state index in [1.54, 1.807) is 0 Å². The van der Waals surface area contributed by atoms with Gasteiger partial charge in [0.05, 0.1) is 0 Å². The molecule has 0 aliphatic rings. The number of para-hydroxylation sites is 4. The first kappa shape index (κ1) is 47.3. The molecule has 3 nitrogen and oxygen atoms in total. The van der Waals surface area contributed by atoms with Crippen LogP contribution in [-0.4, -0.2) is 0 Å². The molecule has 0 amide bonds. The van der Waals surface area contributed by atoms with Crippen LogP contribution in [0.1, 0.15) is 85.1 Å². The van der Waals surface area contributed by atoms with Crippen LogP contribution in [0.15, 0.2) is 279 Å². The predicted octanol–water partition coefficient (Wildman–Crippen LogP) is 19.7. The molecule has 3 heteroatoms. The number of benzene rings is 10. The summed E-state index contributed by atoms with van der Waals surface area (Å²) >= 11 is 0. The van der Waals surface area contributed by atoms with Gasteiger partial charge in [-0.1, -0.05) is 190 Å². The summed E-state index contributed by atoms with van der Waals surface area (Å²) < 4.78 is 0. The number of hydrogen-bond acceptors (Lipinski definition) is 3. The van der Waals surface area contributed by atoms with Gasteiger partial charge in [-0.15, -0.1) is 0 Å². The maximum absolute atomic E-state index is 2.39. The molecule has 0 aliphatic carbocycles. The number of nitrogens with zero attached hydrogens (tertiary/aromatic N) is 3. The molecule has 0 aromatic heterocycles. The lowest BCUT2D eigenvalue weighted by Crippen LogP contribution is -2.13. The third-order valence-electron chi connectivity index (χ3n) is 14.2. The van der Waals surface area contributed by atoms with Gasteiger partial charge in [-0.3, -0.25) is 0 Å². The molecule has 10 aromatic carbocycles. The SMILES string of the molecule is CCC(CCCC(C)c1ccc(N(c2ccc(N(c3ccccc3)c3ccccc3)cc2)c2ccc(N(c3ccccc3)c3ccccc3)cc2)cc1)c1ccc(C(c2ccccc2)c2ccccc2)cc1. The van der Waals surface area contributed by atoms with Crippen molar-refractivity contribution >= 4 is 51.2 Å². The van der Waals surface area contributed by atoms with E-state index in [1.165, 1.54) is 40.7 Å². The molecular weight excluding hydrogens is 871 g/mol. The fourth-order valence-corrected chi connectivity index (χ4v) is 10.4. The predicted molar refractivity (Wildman–Crippen MR) is 306 cm³/mol. The first-order chi connectivity index (χ1) is 35.6. The average molecular weight is 934 g/mol. The number of hydrogen-bond donors (Lipinski definition) is 0. The number of rotatable bonds is 19. The highest BCUT2D eigenvalue weighted by atomic mass is 15.2. The van der Waals surface area contributed by atoms with Crippen molar-refractivity contribution in [2.45, 2.75) is 57.3 Å². The molecule has 0 saturated heterocycles. The molecule has 72 heavy (non-hydrogen) atoms. The lowest BCUT2D eigenvalue weighted by atomic mass is 9.83.